The van der Waals surface area contributed by atoms with E-state index in [0.29, 0.717) is 22.2 Å². The van der Waals surface area contributed by atoms with Gasteiger partial charge in [0.15, 0.2) is 5.78 Å². The average Bonchev–Trinajstić information content (AvgIpc) is 2.28. The van der Waals surface area contributed by atoms with Gasteiger partial charge in [-0.25, -0.2) is 0 Å². The summed E-state index contributed by atoms with van der Waals surface area (Å²) in [5, 5.41) is 0.986. The predicted molar refractivity (Wildman–Crippen MR) is 64.3 cm³/mol. The summed E-state index contributed by atoms with van der Waals surface area (Å²) < 4.78 is 5.30. The molecular weight excluding hydrogens is 247 g/mol. The molecule has 0 spiro atoms. The molecule has 2 rings (SSSR count). The van der Waals surface area contributed by atoms with Crippen LogP contribution in [0.4, 0.5) is 0 Å². The lowest BCUT2D eigenvalue weighted by atomic mass is 9.93. The van der Waals surface area contributed by atoms with E-state index < -0.39 is 0 Å². The maximum Gasteiger partial charge on any atom is 0.168 e. The van der Waals surface area contributed by atoms with Crippen molar-refractivity contribution in [3.8, 4) is 0 Å². The highest BCUT2D eigenvalue weighted by molar-refractivity contribution is 6.35. The molecule has 1 aliphatic rings. The molecule has 0 aliphatic carbocycles. The van der Waals surface area contributed by atoms with Crippen LogP contribution in [0.25, 0.3) is 0 Å². The van der Waals surface area contributed by atoms with Crippen LogP contribution in [0.3, 0.4) is 0 Å². The molecule has 1 fully saturated rings. The molecule has 0 amide bonds. The number of ketones is 1. The summed E-state index contributed by atoms with van der Waals surface area (Å²) in [6.45, 7) is 1.25. The van der Waals surface area contributed by atoms with Crippen LogP contribution in [0, 0.1) is 5.92 Å². The lowest BCUT2D eigenvalue weighted by molar-refractivity contribution is 0.0461. The van der Waals surface area contributed by atoms with E-state index in [0.717, 1.165) is 19.4 Å². The minimum absolute atomic E-state index is 0.0525. The van der Waals surface area contributed by atoms with Crippen molar-refractivity contribution in [2.24, 2.45) is 5.92 Å². The summed E-state index contributed by atoms with van der Waals surface area (Å²) >= 11 is 11.7. The fourth-order valence-corrected chi connectivity index (χ4v) is 2.41. The van der Waals surface area contributed by atoms with Gasteiger partial charge in [0.2, 0.25) is 0 Å². The number of ether oxygens (including phenoxy) is 1. The fraction of sp³-hybridized carbons (Fsp3) is 0.417. The second kappa shape index (κ2) is 5.17. The van der Waals surface area contributed by atoms with Crippen molar-refractivity contribution in [2.75, 3.05) is 13.2 Å². The van der Waals surface area contributed by atoms with Crippen molar-refractivity contribution in [3.63, 3.8) is 0 Å². The number of hydrogen-bond donors (Lipinski definition) is 0. The van der Waals surface area contributed by atoms with Crippen LogP contribution in [0.2, 0.25) is 10.0 Å². The quantitative estimate of drug-likeness (QED) is 0.758. The van der Waals surface area contributed by atoms with Gasteiger partial charge in [0, 0.05) is 28.1 Å². The molecule has 0 N–H and O–H groups in total. The number of benzene rings is 1. The van der Waals surface area contributed by atoms with Crippen LogP contribution < -0.4 is 0 Å². The molecule has 1 aliphatic heterocycles. The molecule has 1 heterocycles. The van der Waals surface area contributed by atoms with Gasteiger partial charge >= 0.3 is 0 Å². The minimum atomic E-state index is -0.0525. The molecule has 4 heteroatoms. The third-order valence-corrected chi connectivity index (χ3v) is 3.11. The first kappa shape index (κ1) is 11.9. The van der Waals surface area contributed by atoms with Crippen LogP contribution in [0.5, 0.6) is 0 Å². The van der Waals surface area contributed by atoms with Gasteiger partial charge in [-0.3, -0.25) is 4.79 Å². The van der Waals surface area contributed by atoms with Crippen molar-refractivity contribution in [2.45, 2.75) is 12.8 Å². The van der Waals surface area contributed by atoms with Gasteiger partial charge in [-0.05, 0) is 31.0 Å². The Bertz CT molecular complexity index is 378. The smallest absolute Gasteiger partial charge is 0.168 e. The Balaban J connectivity index is 2.19. The molecule has 1 aromatic rings. The van der Waals surface area contributed by atoms with Crippen molar-refractivity contribution in [3.05, 3.63) is 33.8 Å². The molecule has 1 saturated heterocycles. The van der Waals surface area contributed by atoms with E-state index in [1.165, 1.54) is 0 Å². The second-order valence-electron chi connectivity index (χ2n) is 3.94. The normalized spacial score (nSPS) is 20.8. The molecule has 0 saturated carbocycles. The lowest BCUT2D eigenvalue weighted by Crippen LogP contribution is -2.25. The molecule has 0 bridgehead atoms. The molecule has 1 unspecified atom stereocenters. The highest BCUT2D eigenvalue weighted by atomic mass is 35.5. The average molecular weight is 259 g/mol. The van der Waals surface area contributed by atoms with Gasteiger partial charge in [0.1, 0.15) is 0 Å². The van der Waals surface area contributed by atoms with Gasteiger partial charge in [-0.1, -0.05) is 23.2 Å². The van der Waals surface area contributed by atoms with Crippen molar-refractivity contribution in [1.29, 1.82) is 0 Å². The summed E-state index contributed by atoms with van der Waals surface area (Å²) in [6, 6.07) is 4.94. The summed E-state index contributed by atoms with van der Waals surface area (Å²) in [5.74, 6) is 0.0207. The van der Waals surface area contributed by atoms with E-state index in [1.54, 1.807) is 18.2 Å². The third kappa shape index (κ3) is 2.76. The van der Waals surface area contributed by atoms with Gasteiger partial charge in [0.05, 0.1) is 6.61 Å². The van der Waals surface area contributed by atoms with Crippen LogP contribution in [-0.2, 0) is 4.74 Å². The van der Waals surface area contributed by atoms with E-state index >= 15 is 0 Å². The molecule has 2 nitrogen and oxygen atoms in total. The molecule has 0 aromatic heterocycles. The molecule has 1 aromatic carbocycles. The maximum absolute atomic E-state index is 12.1. The second-order valence-corrected chi connectivity index (χ2v) is 4.81. The molecule has 0 radical (unpaired) electrons. The zero-order chi connectivity index (χ0) is 11.5. The lowest BCUT2D eigenvalue weighted by Gasteiger charge is -2.20. The molecular formula is C12H12Cl2O2. The summed E-state index contributed by atoms with van der Waals surface area (Å²) in [7, 11) is 0. The van der Waals surface area contributed by atoms with Crippen molar-refractivity contribution >= 4 is 29.0 Å². The standard InChI is InChI=1S/C12H12Cl2O2/c13-10-4-9(5-11(14)6-10)12(15)8-2-1-3-16-7-8/h4-6,8H,1-3,7H2. The number of halogens is 2. The van der Waals surface area contributed by atoms with Gasteiger partial charge in [-0.2, -0.15) is 0 Å². The highest BCUT2D eigenvalue weighted by Gasteiger charge is 2.23. The van der Waals surface area contributed by atoms with Gasteiger partial charge < -0.3 is 4.74 Å². The zero-order valence-electron chi connectivity index (χ0n) is 8.71. The minimum Gasteiger partial charge on any atom is -0.381 e. The summed E-state index contributed by atoms with van der Waals surface area (Å²) in [6.07, 6.45) is 1.81. The van der Waals surface area contributed by atoms with Gasteiger partial charge in [-0.15, -0.1) is 0 Å². The Morgan fingerprint density at radius 3 is 2.50 bits per heavy atom. The summed E-state index contributed by atoms with van der Waals surface area (Å²) in [5.41, 5.74) is 0.577. The third-order valence-electron chi connectivity index (χ3n) is 2.68. The topological polar surface area (TPSA) is 26.3 Å². The Hall–Kier alpha value is -0.570. The number of carbonyl (C=O) groups is 1. The molecule has 1 atom stereocenters. The first-order valence-electron chi connectivity index (χ1n) is 5.25. The largest absolute Gasteiger partial charge is 0.381 e. The van der Waals surface area contributed by atoms with Crippen molar-refractivity contribution < 1.29 is 9.53 Å². The van der Waals surface area contributed by atoms with E-state index in [2.05, 4.69) is 0 Å². The number of hydrogen-bond acceptors (Lipinski definition) is 2. The van der Waals surface area contributed by atoms with Crippen LogP contribution in [0.15, 0.2) is 18.2 Å². The first-order chi connectivity index (χ1) is 7.66. The predicted octanol–water partition coefficient (Wildman–Crippen LogP) is 3.60. The number of Topliss-reactive ketones (excluding diaryl/α,β-unsaturated/α-hetero) is 1. The van der Waals surface area contributed by atoms with Gasteiger partial charge in [0.25, 0.3) is 0 Å². The summed E-state index contributed by atoms with van der Waals surface area (Å²) in [4.78, 5) is 12.1. The van der Waals surface area contributed by atoms with Crippen molar-refractivity contribution in [1.82, 2.24) is 0 Å². The van der Waals surface area contributed by atoms with Crippen LogP contribution in [0.1, 0.15) is 23.2 Å². The monoisotopic (exact) mass is 258 g/mol. The maximum atomic E-state index is 12.1. The van der Waals surface area contributed by atoms with E-state index in [-0.39, 0.29) is 11.7 Å². The highest BCUT2D eigenvalue weighted by Crippen LogP contribution is 2.24. The van der Waals surface area contributed by atoms with E-state index in [1.807, 2.05) is 0 Å². The Labute approximate surface area is 104 Å². The first-order valence-corrected chi connectivity index (χ1v) is 6.00. The number of carbonyl (C=O) groups excluding carboxylic acids is 1. The SMILES string of the molecule is O=C(c1cc(Cl)cc(Cl)c1)C1CCCOC1. The Kier molecular flexibility index (Phi) is 3.85. The van der Waals surface area contributed by atoms with Crippen LogP contribution >= 0.6 is 23.2 Å². The van der Waals surface area contributed by atoms with E-state index in [9.17, 15) is 4.79 Å². The molecule has 16 heavy (non-hydrogen) atoms. The fourth-order valence-electron chi connectivity index (χ4n) is 1.88. The van der Waals surface area contributed by atoms with Crippen LogP contribution in [-0.4, -0.2) is 19.0 Å². The molecule has 86 valence electrons. The van der Waals surface area contributed by atoms with E-state index in [4.69, 9.17) is 27.9 Å². The zero-order valence-corrected chi connectivity index (χ0v) is 10.2. The Morgan fingerprint density at radius 1 is 1.25 bits per heavy atom. The number of rotatable bonds is 2. The Morgan fingerprint density at radius 2 is 1.94 bits per heavy atom.